The highest BCUT2D eigenvalue weighted by molar-refractivity contribution is 5.78. The van der Waals surface area contributed by atoms with Crippen LogP contribution in [0.25, 0.3) is 0 Å². The Hall–Kier alpha value is -1.43. The van der Waals surface area contributed by atoms with Gasteiger partial charge < -0.3 is 10.0 Å². The molecule has 2 fully saturated rings. The van der Waals surface area contributed by atoms with Crippen LogP contribution in [0.3, 0.4) is 0 Å². The lowest BCUT2D eigenvalue weighted by molar-refractivity contribution is -0.133. The third kappa shape index (κ3) is 5.53. The summed E-state index contributed by atoms with van der Waals surface area (Å²) in [5, 5.41) is 9.77. The van der Waals surface area contributed by atoms with Gasteiger partial charge in [-0.15, -0.1) is 0 Å². The quantitative estimate of drug-likeness (QED) is 0.898. The highest BCUT2D eigenvalue weighted by Gasteiger charge is 2.24. The molecule has 0 aromatic heterocycles. The van der Waals surface area contributed by atoms with Gasteiger partial charge in [0, 0.05) is 39.3 Å². The van der Waals surface area contributed by atoms with Crippen molar-refractivity contribution in [1.82, 2.24) is 14.7 Å². The minimum atomic E-state index is -0.268. The predicted molar refractivity (Wildman–Crippen MR) is 99.3 cm³/mol. The number of benzene rings is 1. The number of hydrogen-bond donors (Lipinski definition) is 1. The van der Waals surface area contributed by atoms with Gasteiger partial charge in [0.1, 0.15) is 0 Å². The zero-order valence-electron chi connectivity index (χ0n) is 15.4. The summed E-state index contributed by atoms with van der Waals surface area (Å²) in [6, 6.07) is 8.72. The second-order valence-electron chi connectivity index (χ2n) is 7.53. The van der Waals surface area contributed by atoms with Gasteiger partial charge in [0.05, 0.1) is 12.6 Å². The van der Waals surface area contributed by atoms with Gasteiger partial charge in [-0.3, -0.25) is 14.6 Å². The highest BCUT2D eigenvalue weighted by atomic mass is 16.3. The van der Waals surface area contributed by atoms with E-state index in [1.807, 2.05) is 4.90 Å². The number of piperidine rings is 1. The van der Waals surface area contributed by atoms with Gasteiger partial charge in [0.25, 0.3) is 0 Å². The van der Waals surface area contributed by atoms with Crippen LogP contribution in [0.1, 0.15) is 30.4 Å². The van der Waals surface area contributed by atoms with Crippen molar-refractivity contribution in [3.63, 3.8) is 0 Å². The Morgan fingerprint density at radius 2 is 1.80 bits per heavy atom. The molecule has 0 bridgehead atoms. The average molecular weight is 345 g/mol. The standard InChI is InChI=1S/C20H31N3O2/c1-17-5-7-18(8-6-17)14-21-10-3-11-23(13-12-21)20(25)16-22-9-2-4-19(24)15-22/h5-8,19,24H,2-4,9-16H2,1H3. The third-order valence-corrected chi connectivity index (χ3v) is 5.31. The Morgan fingerprint density at radius 3 is 2.56 bits per heavy atom. The Labute approximate surface area is 151 Å². The van der Waals surface area contributed by atoms with Crippen molar-refractivity contribution in [3.8, 4) is 0 Å². The van der Waals surface area contributed by atoms with Crippen LogP contribution in [-0.4, -0.2) is 77.6 Å². The Bertz CT molecular complexity index is 561. The van der Waals surface area contributed by atoms with Crippen molar-refractivity contribution in [3.05, 3.63) is 35.4 Å². The normalized spacial score (nSPS) is 23.4. The van der Waals surface area contributed by atoms with Crippen LogP contribution in [0.4, 0.5) is 0 Å². The van der Waals surface area contributed by atoms with Gasteiger partial charge in [-0.2, -0.15) is 0 Å². The zero-order chi connectivity index (χ0) is 17.6. The van der Waals surface area contributed by atoms with E-state index in [0.717, 1.165) is 58.5 Å². The van der Waals surface area contributed by atoms with E-state index in [2.05, 4.69) is 41.0 Å². The number of carbonyl (C=O) groups is 1. The number of nitrogens with zero attached hydrogens (tertiary/aromatic N) is 3. The lowest BCUT2D eigenvalue weighted by Crippen LogP contribution is -2.46. The summed E-state index contributed by atoms with van der Waals surface area (Å²) in [4.78, 5) is 19.2. The Kier molecular flexibility index (Phi) is 6.45. The van der Waals surface area contributed by atoms with E-state index in [9.17, 15) is 9.90 Å². The number of aliphatic hydroxyl groups excluding tert-OH is 1. The van der Waals surface area contributed by atoms with Gasteiger partial charge in [0.15, 0.2) is 0 Å². The lowest BCUT2D eigenvalue weighted by atomic mass is 10.1. The summed E-state index contributed by atoms with van der Waals surface area (Å²) in [6.45, 7) is 8.72. The molecule has 2 aliphatic heterocycles. The van der Waals surface area contributed by atoms with Crippen LogP contribution in [0, 0.1) is 6.92 Å². The maximum absolute atomic E-state index is 12.6. The van der Waals surface area contributed by atoms with E-state index in [4.69, 9.17) is 0 Å². The molecule has 0 radical (unpaired) electrons. The molecule has 0 spiro atoms. The summed E-state index contributed by atoms with van der Waals surface area (Å²) in [5.74, 6) is 0.214. The SMILES string of the molecule is Cc1ccc(CN2CCCN(C(=O)CN3CCCC(O)C3)CC2)cc1. The Morgan fingerprint density at radius 1 is 1.04 bits per heavy atom. The molecule has 2 saturated heterocycles. The van der Waals surface area contributed by atoms with Crippen LogP contribution in [-0.2, 0) is 11.3 Å². The number of amides is 1. The van der Waals surface area contributed by atoms with Gasteiger partial charge in [-0.1, -0.05) is 29.8 Å². The maximum Gasteiger partial charge on any atom is 0.236 e. The van der Waals surface area contributed by atoms with Crippen molar-refractivity contribution in [1.29, 1.82) is 0 Å². The van der Waals surface area contributed by atoms with E-state index >= 15 is 0 Å². The summed E-state index contributed by atoms with van der Waals surface area (Å²) in [7, 11) is 0. The minimum Gasteiger partial charge on any atom is -0.392 e. The topological polar surface area (TPSA) is 47.0 Å². The first-order valence-corrected chi connectivity index (χ1v) is 9.56. The molecule has 0 saturated carbocycles. The van der Waals surface area contributed by atoms with Crippen molar-refractivity contribution >= 4 is 5.91 Å². The van der Waals surface area contributed by atoms with Crippen LogP contribution >= 0.6 is 0 Å². The number of hydrogen-bond acceptors (Lipinski definition) is 4. The first-order chi connectivity index (χ1) is 12.1. The number of likely N-dealkylation sites (tertiary alicyclic amines) is 1. The molecule has 1 atom stereocenters. The van der Waals surface area contributed by atoms with Crippen molar-refractivity contribution in [2.75, 3.05) is 45.8 Å². The number of aliphatic hydroxyl groups is 1. The molecule has 138 valence electrons. The van der Waals surface area contributed by atoms with Crippen molar-refractivity contribution in [2.45, 2.75) is 38.8 Å². The van der Waals surface area contributed by atoms with Crippen molar-refractivity contribution < 1.29 is 9.90 Å². The van der Waals surface area contributed by atoms with Crippen molar-refractivity contribution in [2.24, 2.45) is 0 Å². The summed E-state index contributed by atoms with van der Waals surface area (Å²) in [6.07, 6.45) is 2.61. The molecule has 1 amide bonds. The third-order valence-electron chi connectivity index (χ3n) is 5.31. The van der Waals surface area contributed by atoms with E-state index in [1.54, 1.807) is 0 Å². The highest BCUT2D eigenvalue weighted by Crippen LogP contribution is 2.12. The van der Waals surface area contributed by atoms with Crippen LogP contribution in [0.15, 0.2) is 24.3 Å². The monoisotopic (exact) mass is 345 g/mol. The molecule has 0 aliphatic carbocycles. The molecule has 1 N–H and O–H groups in total. The van der Waals surface area contributed by atoms with Crippen LogP contribution in [0.5, 0.6) is 0 Å². The number of carbonyl (C=O) groups excluding carboxylic acids is 1. The smallest absolute Gasteiger partial charge is 0.236 e. The average Bonchev–Trinajstić information content (AvgIpc) is 2.83. The first kappa shape index (κ1) is 18.4. The second-order valence-corrected chi connectivity index (χ2v) is 7.53. The maximum atomic E-state index is 12.6. The summed E-state index contributed by atoms with van der Waals surface area (Å²) >= 11 is 0. The molecule has 2 aliphatic rings. The summed E-state index contributed by atoms with van der Waals surface area (Å²) in [5.41, 5.74) is 2.63. The molecule has 1 aromatic carbocycles. The zero-order valence-corrected chi connectivity index (χ0v) is 15.4. The molecular formula is C20H31N3O2. The first-order valence-electron chi connectivity index (χ1n) is 9.56. The van der Waals surface area contributed by atoms with E-state index < -0.39 is 0 Å². The number of rotatable bonds is 4. The fraction of sp³-hybridized carbons (Fsp3) is 0.650. The summed E-state index contributed by atoms with van der Waals surface area (Å²) < 4.78 is 0. The minimum absolute atomic E-state index is 0.214. The van der Waals surface area contributed by atoms with E-state index in [-0.39, 0.29) is 12.0 Å². The Balaban J connectivity index is 1.47. The molecule has 5 heteroatoms. The number of aryl methyl sites for hydroxylation is 1. The fourth-order valence-corrected chi connectivity index (χ4v) is 3.80. The second kappa shape index (κ2) is 8.79. The van der Waals surface area contributed by atoms with E-state index in [1.165, 1.54) is 11.1 Å². The predicted octanol–water partition coefficient (Wildman–Crippen LogP) is 1.49. The molecule has 2 heterocycles. The molecule has 5 nitrogen and oxygen atoms in total. The van der Waals surface area contributed by atoms with Crippen LogP contribution < -0.4 is 0 Å². The molecule has 3 rings (SSSR count). The largest absolute Gasteiger partial charge is 0.392 e. The van der Waals surface area contributed by atoms with Crippen LogP contribution in [0.2, 0.25) is 0 Å². The fourth-order valence-electron chi connectivity index (χ4n) is 3.80. The number of β-amino-alcohol motifs (C(OH)–C–C–N with tert-alkyl or cyclic N) is 1. The van der Waals surface area contributed by atoms with Gasteiger partial charge in [-0.25, -0.2) is 0 Å². The van der Waals surface area contributed by atoms with E-state index in [0.29, 0.717) is 13.1 Å². The molecule has 1 unspecified atom stereocenters. The molecule has 25 heavy (non-hydrogen) atoms. The van der Waals surface area contributed by atoms with Gasteiger partial charge in [-0.05, 0) is 38.3 Å². The lowest BCUT2D eigenvalue weighted by Gasteiger charge is -2.31. The van der Waals surface area contributed by atoms with Gasteiger partial charge in [0.2, 0.25) is 5.91 Å². The van der Waals surface area contributed by atoms with Gasteiger partial charge >= 0.3 is 0 Å². The molecular weight excluding hydrogens is 314 g/mol. The molecule has 1 aromatic rings.